The largest absolute Gasteiger partial charge is 0.507 e. The maximum atomic E-state index is 12.5. The highest BCUT2D eigenvalue weighted by molar-refractivity contribution is 5.97. The van der Waals surface area contributed by atoms with Crippen LogP contribution in [0.25, 0.3) is 5.70 Å². The summed E-state index contributed by atoms with van der Waals surface area (Å²) in [4.78, 5) is 33.2. The minimum atomic E-state index is -0.480. The maximum absolute atomic E-state index is 12.5. The summed E-state index contributed by atoms with van der Waals surface area (Å²) in [5.41, 5.74) is 20.8. The average Bonchev–Trinajstić information content (AvgIpc) is 3.80. The van der Waals surface area contributed by atoms with E-state index in [0.29, 0.717) is 41.0 Å². The van der Waals surface area contributed by atoms with Gasteiger partial charge < -0.3 is 42.6 Å². The molecule has 242 valence electrons. The molecular formula is C33H52N8O3. The average molecular weight is 609 g/mol. The molecule has 1 aliphatic carbocycles. The number of amidine groups is 1. The predicted molar refractivity (Wildman–Crippen MR) is 175 cm³/mol. The monoisotopic (exact) mass is 608 g/mol. The van der Waals surface area contributed by atoms with E-state index in [1.165, 1.54) is 0 Å². The van der Waals surface area contributed by atoms with Crippen molar-refractivity contribution in [1.29, 1.82) is 0 Å². The van der Waals surface area contributed by atoms with Gasteiger partial charge in [0.05, 0.1) is 30.0 Å². The van der Waals surface area contributed by atoms with Gasteiger partial charge in [0.2, 0.25) is 5.91 Å². The highest BCUT2D eigenvalue weighted by atomic mass is 16.3. The van der Waals surface area contributed by atoms with E-state index in [-0.39, 0.29) is 29.2 Å². The van der Waals surface area contributed by atoms with Gasteiger partial charge in [0.15, 0.2) is 0 Å². The highest BCUT2D eigenvalue weighted by Gasteiger charge is 2.29. The number of carbonyl (C=O) groups is 2. The van der Waals surface area contributed by atoms with Gasteiger partial charge in [-0.2, -0.15) is 0 Å². The van der Waals surface area contributed by atoms with Crippen LogP contribution < -0.4 is 27.8 Å². The molecule has 0 aromatic heterocycles. The molecule has 1 atom stereocenters. The third-order valence-electron chi connectivity index (χ3n) is 8.87. The number of para-hydroxylation sites is 1. The number of nitrogens with two attached hydrogens (primary N) is 3. The number of piperidine rings is 2. The molecule has 3 fully saturated rings. The van der Waals surface area contributed by atoms with Gasteiger partial charge in [0.25, 0.3) is 0 Å². The van der Waals surface area contributed by atoms with Gasteiger partial charge in [-0.3, -0.25) is 14.7 Å². The van der Waals surface area contributed by atoms with Crippen molar-refractivity contribution in [2.24, 2.45) is 33.5 Å². The third kappa shape index (κ3) is 9.72. The Morgan fingerprint density at radius 3 is 2.25 bits per heavy atom. The standard InChI is InChI=1S/C33H52N8O3/c1-33(2,3)29(21-42)39-30(44)20-41-14-10-22(11-15-41)19-40-16-12-24(13-17-40)37-27(31(35)32(36)38-23-8-9-23)18-26(34)25-6-4-5-7-28(25)43/h4-7,18,21-24,29,37,43H,8-17,19-20,34-35H2,1-3H3,(H2,36,38)(H,39,44)/b26-18-,31-27+. The van der Waals surface area contributed by atoms with E-state index in [4.69, 9.17) is 17.2 Å². The van der Waals surface area contributed by atoms with E-state index in [1.807, 2.05) is 26.8 Å². The molecule has 1 unspecified atom stereocenters. The lowest BCUT2D eigenvalue weighted by molar-refractivity contribution is -0.126. The number of hydrogen-bond donors (Lipinski definition) is 6. The smallest absolute Gasteiger partial charge is 0.234 e. The molecule has 11 nitrogen and oxygen atoms in total. The first-order chi connectivity index (χ1) is 20.9. The number of amides is 1. The van der Waals surface area contributed by atoms with Crippen LogP contribution >= 0.6 is 0 Å². The first kappa shape index (κ1) is 33.3. The number of aromatic hydroxyl groups is 1. The summed E-state index contributed by atoms with van der Waals surface area (Å²) in [5, 5.41) is 16.8. The van der Waals surface area contributed by atoms with Crippen molar-refractivity contribution in [2.45, 2.75) is 77.4 Å². The van der Waals surface area contributed by atoms with E-state index in [2.05, 4.69) is 25.4 Å². The van der Waals surface area contributed by atoms with Crippen LogP contribution in [0.4, 0.5) is 0 Å². The fourth-order valence-corrected chi connectivity index (χ4v) is 5.80. The fourth-order valence-electron chi connectivity index (χ4n) is 5.80. The lowest BCUT2D eigenvalue weighted by Crippen LogP contribution is -2.50. The van der Waals surface area contributed by atoms with E-state index in [0.717, 1.165) is 77.5 Å². The van der Waals surface area contributed by atoms with Gasteiger partial charge in [-0.1, -0.05) is 32.9 Å². The van der Waals surface area contributed by atoms with Crippen LogP contribution in [-0.4, -0.2) is 90.3 Å². The topological polar surface area (TPSA) is 175 Å². The number of allylic oxidation sites excluding steroid dienone is 1. The first-order valence-electron chi connectivity index (χ1n) is 16.0. The zero-order chi connectivity index (χ0) is 31.9. The number of carbonyl (C=O) groups excluding carboxylic acids is 2. The Labute approximate surface area is 262 Å². The summed E-state index contributed by atoms with van der Waals surface area (Å²) in [7, 11) is 0. The molecule has 9 N–H and O–H groups in total. The molecule has 1 aromatic carbocycles. The number of aldehydes is 1. The van der Waals surface area contributed by atoms with Crippen LogP contribution in [0, 0.1) is 11.3 Å². The number of nitrogens with zero attached hydrogens (tertiary/aromatic N) is 3. The molecule has 2 saturated heterocycles. The number of nitrogens with one attached hydrogen (secondary N) is 2. The van der Waals surface area contributed by atoms with Crippen molar-refractivity contribution in [2.75, 3.05) is 39.3 Å². The predicted octanol–water partition coefficient (Wildman–Crippen LogP) is 1.88. The Hall–Kier alpha value is -3.57. The molecule has 44 heavy (non-hydrogen) atoms. The van der Waals surface area contributed by atoms with E-state index in [9.17, 15) is 14.7 Å². The minimum Gasteiger partial charge on any atom is -0.507 e. The van der Waals surface area contributed by atoms with Gasteiger partial charge >= 0.3 is 0 Å². The lowest BCUT2D eigenvalue weighted by atomic mass is 9.87. The number of phenols is 1. The van der Waals surface area contributed by atoms with Crippen molar-refractivity contribution >= 4 is 23.7 Å². The van der Waals surface area contributed by atoms with Gasteiger partial charge in [-0.25, -0.2) is 0 Å². The molecule has 2 heterocycles. The van der Waals surface area contributed by atoms with Crippen LogP contribution in [0.3, 0.4) is 0 Å². The van der Waals surface area contributed by atoms with E-state index >= 15 is 0 Å². The summed E-state index contributed by atoms with van der Waals surface area (Å²) in [6.07, 6.45) is 8.65. The van der Waals surface area contributed by atoms with E-state index < -0.39 is 6.04 Å². The molecule has 3 aliphatic rings. The second-order valence-electron chi connectivity index (χ2n) is 13.7. The molecule has 0 bridgehead atoms. The van der Waals surface area contributed by atoms with Crippen LogP contribution in [-0.2, 0) is 9.59 Å². The molecule has 0 spiro atoms. The van der Waals surface area contributed by atoms with E-state index in [1.54, 1.807) is 24.3 Å². The number of aliphatic imine (C=N–C) groups is 1. The van der Waals surface area contributed by atoms with Gasteiger partial charge in [0, 0.05) is 36.9 Å². The van der Waals surface area contributed by atoms with Crippen LogP contribution in [0.2, 0.25) is 0 Å². The highest BCUT2D eigenvalue weighted by Crippen LogP contribution is 2.26. The van der Waals surface area contributed by atoms with Gasteiger partial charge in [-0.15, -0.1) is 0 Å². The number of phenolic OH excluding ortho intramolecular Hbond substituents is 1. The summed E-state index contributed by atoms with van der Waals surface area (Å²) in [6.45, 7) is 11.0. The van der Waals surface area contributed by atoms with Gasteiger partial charge in [-0.05, 0) is 81.2 Å². The number of likely N-dealkylation sites (tertiary alicyclic amines) is 2. The molecule has 1 saturated carbocycles. The summed E-state index contributed by atoms with van der Waals surface area (Å²) >= 11 is 0. The van der Waals surface area contributed by atoms with Crippen LogP contribution in [0.1, 0.15) is 64.9 Å². The Morgan fingerprint density at radius 1 is 1.02 bits per heavy atom. The maximum Gasteiger partial charge on any atom is 0.234 e. The number of rotatable bonds is 12. The van der Waals surface area contributed by atoms with Crippen molar-refractivity contribution in [3.05, 3.63) is 47.3 Å². The third-order valence-corrected chi connectivity index (χ3v) is 8.87. The lowest BCUT2D eigenvalue weighted by Gasteiger charge is -2.38. The van der Waals surface area contributed by atoms with Crippen LogP contribution in [0.15, 0.2) is 46.7 Å². The van der Waals surface area contributed by atoms with Crippen molar-refractivity contribution in [3.63, 3.8) is 0 Å². The van der Waals surface area contributed by atoms with Crippen LogP contribution in [0.5, 0.6) is 5.75 Å². The Bertz CT molecular complexity index is 1230. The molecular weight excluding hydrogens is 556 g/mol. The fraction of sp³-hybridized carbons (Fsp3) is 0.606. The number of benzene rings is 1. The molecule has 1 aromatic rings. The quantitative estimate of drug-likeness (QED) is 0.0896. The van der Waals surface area contributed by atoms with Gasteiger partial charge in [0.1, 0.15) is 17.9 Å². The zero-order valence-corrected chi connectivity index (χ0v) is 26.6. The Morgan fingerprint density at radius 2 is 1.66 bits per heavy atom. The molecule has 2 aliphatic heterocycles. The van der Waals surface area contributed by atoms with Crippen molar-refractivity contribution in [3.8, 4) is 5.75 Å². The Kier molecular flexibility index (Phi) is 11.3. The normalized spacial score (nSPS) is 21.4. The second-order valence-corrected chi connectivity index (χ2v) is 13.7. The summed E-state index contributed by atoms with van der Waals surface area (Å²) in [6, 6.07) is 6.92. The summed E-state index contributed by atoms with van der Waals surface area (Å²) < 4.78 is 0. The SMILES string of the molecule is CC(C)(C)C(C=O)NC(=O)CN1CCC(CN2CCC(NC(/C=C(\N)c3ccccc3O)=C(/N)C(N)=NC3CC3)CC2)CC1. The second kappa shape index (κ2) is 14.9. The molecule has 1 amide bonds. The summed E-state index contributed by atoms with van der Waals surface area (Å²) in [5.74, 6) is 0.933. The molecule has 11 heteroatoms. The van der Waals surface area contributed by atoms with Crippen molar-refractivity contribution < 1.29 is 14.7 Å². The first-order valence-corrected chi connectivity index (χ1v) is 16.0. The Balaban J connectivity index is 1.27. The minimum absolute atomic E-state index is 0.0863. The molecule has 0 radical (unpaired) electrons. The van der Waals surface area contributed by atoms with Crippen molar-refractivity contribution in [1.82, 2.24) is 20.4 Å². The zero-order valence-electron chi connectivity index (χ0n) is 26.6. The molecule has 4 rings (SSSR count). The number of hydrogen-bond acceptors (Lipinski definition) is 9.